The van der Waals surface area contributed by atoms with E-state index in [0.29, 0.717) is 0 Å². The maximum absolute atomic E-state index is 7.57. The molecule has 0 bridgehead atoms. The summed E-state index contributed by atoms with van der Waals surface area (Å²) in [5, 5.41) is 0. The summed E-state index contributed by atoms with van der Waals surface area (Å²) in [5.41, 5.74) is 8.70. The molecule has 0 aliphatic heterocycles. The maximum atomic E-state index is 7.57. The van der Waals surface area contributed by atoms with Gasteiger partial charge in [0, 0.05) is 0 Å². The second kappa shape index (κ2) is 21.6. The summed E-state index contributed by atoms with van der Waals surface area (Å²) in [5.74, 6) is 2.30. The molecule has 0 heterocycles. The third kappa shape index (κ3) is 12.3. The first-order valence-corrected chi connectivity index (χ1v) is 24.9. The molecule has 0 saturated carbocycles. The predicted molar refractivity (Wildman–Crippen MR) is 192 cm³/mol. The van der Waals surface area contributed by atoms with E-state index in [-0.39, 0.29) is 0 Å². The van der Waals surface area contributed by atoms with Gasteiger partial charge >= 0.3 is 274 Å². The molecule has 0 N–H and O–H groups in total. The Bertz CT molecular complexity index is 960. The van der Waals surface area contributed by atoms with Crippen molar-refractivity contribution in [2.45, 2.75) is 180 Å². The van der Waals surface area contributed by atoms with Gasteiger partial charge in [-0.15, -0.1) is 0 Å². The molecule has 0 spiro atoms. The van der Waals surface area contributed by atoms with Crippen LogP contribution < -0.4 is 6.15 Å². The molecule has 2 aromatic carbocycles. The molecule has 244 valence electrons. The Labute approximate surface area is 273 Å². The summed E-state index contributed by atoms with van der Waals surface area (Å²) in [6.07, 6.45) is 22.4. The third-order valence-electron chi connectivity index (χ3n) is 9.37. The zero-order valence-electron chi connectivity index (χ0n) is 29.8. The van der Waals surface area contributed by atoms with Gasteiger partial charge in [0.05, 0.1) is 0 Å². The topological polar surface area (TPSA) is 18.5 Å². The van der Waals surface area contributed by atoms with Gasteiger partial charge in [-0.2, -0.15) is 0 Å². The van der Waals surface area contributed by atoms with Crippen LogP contribution in [-0.2, 0) is 25.7 Å². The Kier molecular flexibility index (Phi) is 19.1. The first-order valence-electron chi connectivity index (χ1n) is 18.5. The molecule has 0 radical (unpaired) electrons. The van der Waals surface area contributed by atoms with Crippen molar-refractivity contribution in [1.29, 1.82) is 0 Å². The number of benzene rings is 2. The van der Waals surface area contributed by atoms with Gasteiger partial charge in [-0.1, -0.05) is 0 Å². The first-order chi connectivity index (χ1) is 20.9. The third-order valence-corrected chi connectivity index (χ3v) is 19.1. The molecule has 0 aliphatic rings. The van der Waals surface area contributed by atoms with Gasteiger partial charge in [0.15, 0.2) is 0 Å². The number of unbranched alkanes of at least 4 members (excludes halogenated alkanes) is 10. The summed E-state index contributed by atoms with van der Waals surface area (Å²) in [6.45, 7) is 18.4. The molecule has 0 aromatic heterocycles. The standard InChI is InChI=1S/2C12H18O.2C8H17.Sn/c2*1-4-6-11-10(5-2)9(3)7-8-12(11)13;2*1-3-5-7-8-6-4-2;/h2*7-8,13H,4-6H2,1-3H3;2*1,3-8H2,2H3;/q;;;;+2/p-2. The van der Waals surface area contributed by atoms with Crippen LogP contribution in [0.1, 0.15) is 165 Å². The second-order valence-corrected chi connectivity index (χ2v) is 22.3. The summed E-state index contributed by atoms with van der Waals surface area (Å²) in [7, 11) is 0. The zero-order valence-corrected chi connectivity index (χ0v) is 32.6. The molecule has 2 nitrogen and oxygen atoms in total. The van der Waals surface area contributed by atoms with Gasteiger partial charge in [-0.25, -0.2) is 0 Å². The summed E-state index contributed by atoms with van der Waals surface area (Å²) in [4.78, 5) is 0. The van der Waals surface area contributed by atoms with Crippen molar-refractivity contribution in [1.82, 2.24) is 0 Å². The molecule has 0 amide bonds. The zero-order chi connectivity index (χ0) is 31.5. The van der Waals surface area contributed by atoms with Crippen molar-refractivity contribution in [3.8, 4) is 11.5 Å². The fourth-order valence-electron chi connectivity index (χ4n) is 6.90. The summed E-state index contributed by atoms with van der Waals surface area (Å²) < 4.78 is 17.4. The molecule has 0 aliphatic carbocycles. The molecule has 0 saturated heterocycles. The summed E-state index contributed by atoms with van der Waals surface area (Å²) in [6, 6.07) is 9.22. The Morgan fingerprint density at radius 3 is 1.16 bits per heavy atom. The SMILES string of the molecule is CCCCCCC[CH2][Sn]([CH2]CCCCCCC)([O]c1ccc(C)c(CC)c1CCC)[O]c1ccc(C)c(CC)c1CCC. The van der Waals surface area contributed by atoms with Crippen molar-refractivity contribution >= 4 is 19.2 Å². The average Bonchev–Trinajstić information content (AvgIpc) is 3.00. The van der Waals surface area contributed by atoms with E-state index in [9.17, 15) is 0 Å². The minimum absolute atomic E-state index is 1.06. The Balaban J connectivity index is 2.58. The van der Waals surface area contributed by atoms with Crippen molar-refractivity contribution in [2.75, 3.05) is 0 Å². The van der Waals surface area contributed by atoms with Gasteiger partial charge in [0.2, 0.25) is 0 Å². The van der Waals surface area contributed by atoms with Gasteiger partial charge in [0.1, 0.15) is 0 Å². The van der Waals surface area contributed by atoms with Gasteiger partial charge < -0.3 is 0 Å². The number of hydrogen-bond donors (Lipinski definition) is 0. The number of hydrogen-bond acceptors (Lipinski definition) is 2. The van der Waals surface area contributed by atoms with Crippen LogP contribution in [0.4, 0.5) is 0 Å². The Morgan fingerprint density at radius 1 is 0.442 bits per heavy atom. The van der Waals surface area contributed by atoms with Gasteiger partial charge in [-0.05, 0) is 0 Å². The van der Waals surface area contributed by atoms with Crippen LogP contribution >= 0.6 is 0 Å². The van der Waals surface area contributed by atoms with E-state index in [2.05, 4.69) is 79.7 Å². The van der Waals surface area contributed by atoms with Crippen molar-refractivity contribution in [2.24, 2.45) is 0 Å². The minimum atomic E-state index is -3.66. The number of rotatable bonds is 24. The van der Waals surface area contributed by atoms with Crippen molar-refractivity contribution in [3.05, 3.63) is 57.6 Å². The summed E-state index contributed by atoms with van der Waals surface area (Å²) >= 11 is -3.66. The molecule has 0 fully saturated rings. The first kappa shape index (κ1) is 38.0. The van der Waals surface area contributed by atoms with E-state index in [1.54, 1.807) is 0 Å². The molecular weight excluding hydrogens is 631 g/mol. The predicted octanol–water partition coefficient (Wildman–Crippen LogP) is 13.0. The van der Waals surface area contributed by atoms with Crippen LogP contribution in [0.5, 0.6) is 11.5 Å². The van der Waals surface area contributed by atoms with Crippen LogP contribution in [0.25, 0.3) is 0 Å². The van der Waals surface area contributed by atoms with E-state index < -0.39 is 19.2 Å². The van der Waals surface area contributed by atoms with E-state index in [1.165, 1.54) is 110 Å². The van der Waals surface area contributed by atoms with Crippen molar-refractivity contribution in [3.63, 3.8) is 0 Å². The molecule has 43 heavy (non-hydrogen) atoms. The average molecular weight is 700 g/mol. The van der Waals surface area contributed by atoms with Gasteiger partial charge in [0.25, 0.3) is 0 Å². The van der Waals surface area contributed by atoms with E-state index in [0.717, 1.165) is 58.9 Å². The fourth-order valence-corrected chi connectivity index (χ4v) is 16.8. The van der Waals surface area contributed by atoms with Crippen LogP contribution in [0.15, 0.2) is 24.3 Å². The molecule has 2 rings (SSSR count). The van der Waals surface area contributed by atoms with Crippen LogP contribution in [0.3, 0.4) is 0 Å². The van der Waals surface area contributed by atoms with Gasteiger partial charge in [-0.3, -0.25) is 0 Å². The molecule has 0 atom stereocenters. The fraction of sp³-hybridized carbons (Fsp3) is 0.700. The Hall–Kier alpha value is -1.16. The van der Waals surface area contributed by atoms with E-state index in [4.69, 9.17) is 6.15 Å². The van der Waals surface area contributed by atoms with Crippen LogP contribution in [-0.4, -0.2) is 19.2 Å². The van der Waals surface area contributed by atoms with Crippen LogP contribution in [0, 0.1) is 13.8 Å². The monoisotopic (exact) mass is 700 g/mol. The second-order valence-electron chi connectivity index (χ2n) is 13.0. The molecular formula is C40H68O2Sn. The molecule has 3 heteroatoms. The van der Waals surface area contributed by atoms with E-state index in [1.807, 2.05) is 0 Å². The van der Waals surface area contributed by atoms with Crippen molar-refractivity contribution < 1.29 is 6.15 Å². The Morgan fingerprint density at radius 2 is 0.814 bits per heavy atom. The van der Waals surface area contributed by atoms with E-state index >= 15 is 0 Å². The number of aryl methyl sites for hydroxylation is 2. The van der Waals surface area contributed by atoms with Crippen LogP contribution in [0.2, 0.25) is 8.87 Å². The normalized spacial score (nSPS) is 11.7. The molecule has 0 unspecified atom stereocenters. The molecule has 2 aromatic rings. The quantitative estimate of drug-likeness (QED) is 0.0802.